The number of nitrogens with one attached hydrogen (secondary N) is 1. The molecule has 122 valence electrons. The Hall–Kier alpha value is -2.33. The van der Waals surface area contributed by atoms with Crippen LogP contribution in [0.5, 0.6) is 0 Å². The quantitative estimate of drug-likeness (QED) is 0.553. The average molecular weight is 312 g/mol. The molecule has 0 saturated carbocycles. The van der Waals surface area contributed by atoms with Crippen LogP contribution in [0, 0.1) is 0 Å². The van der Waals surface area contributed by atoms with Crippen LogP contribution in [-0.4, -0.2) is 19.1 Å². The predicted octanol–water partition coefficient (Wildman–Crippen LogP) is 2.92. The molecule has 0 heterocycles. The van der Waals surface area contributed by atoms with Crippen molar-refractivity contribution in [2.45, 2.75) is 25.9 Å². The number of hydrogen-bond acceptors (Lipinski definition) is 3. The molecule has 2 rings (SSSR count). The van der Waals surface area contributed by atoms with E-state index in [1.807, 2.05) is 42.5 Å². The van der Waals surface area contributed by atoms with Crippen LogP contribution in [0.3, 0.4) is 0 Å². The fourth-order valence-corrected chi connectivity index (χ4v) is 2.20. The summed E-state index contributed by atoms with van der Waals surface area (Å²) in [6.45, 7) is 2.04. The fourth-order valence-electron chi connectivity index (χ4n) is 2.20. The van der Waals surface area contributed by atoms with Crippen LogP contribution in [0.2, 0.25) is 0 Å². The van der Waals surface area contributed by atoms with Gasteiger partial charge in [-0.2, -0.15) is 0 Å². The number of anilines is 1. The lowest BCUT2D eigenvalue weighted by atomic mass is 10.1. The van der Waals surface area contributed by atoms with Gasteiger partial charge in [-0.3, -0.25) is 4.79 Å². The highest BCUT2D eigenvalue weighted by molar-refractivity contribution is 5.78. The van der Waals surface area contributed by atoms with Crippen molar-refractivity contribution in [3.8, 4) is 0 Å². The molecule has 2 aromatic rings. The molecule has 0 aliphatic heterocycles. The summed E-state index contributed by atoms with van der Waals surface area (Å²) in [5.74, 6) is 0.0416. The molecule has 1 amide bonds. The molecule has 4 nitrogen and oxygen atoms in total. The number of ether oxygens (including phenoxy) is 1. The van der Waals surface area contributed by atoms with Gasteiger partial charge in [-0.15, -0.1) is 0 Å². The van der Waals surface area contributed by atoms with Crippen LogP contribution in [0.1, 0.15) is 24.0 Å². The van der Waals surface area contributed by atoms with Gasteiger partial charge < -0.3 is 15.8 Å². The van der Waals surface area contributed by atoms with Crippen molar-refractivity contribution in [3.05, 3.63) is 65.7 Å². The smallest absolute Gasteiger partial charge is 0.224 e. The molecule has 2 aromatic carbocycles. The molecular formula is C19H24N2O2. The zero-order chi connectivity index (χ0) is 16.3. The molecule has 0 aliphatic rings. The summed E-state index contributed by atoms with van der Waals surface area (Å²) < 4.78 is 5.61. The molecule has 0 aliphatic carbocycles. The van der Waals surface area contributed by atoms with E-state index >= 15 is 0 Å². The van der Waals surface area contributed by atoms with Crippen molar-refractivity contribution in [3.63, 3.8) is 0 Å². The van der Waals surface area contributed by atoms with Gasteiger partial charge in [0.15, 0.2) is 0 Å². The number of benzene rings is 2. The number of amides is 1. The van der Waals surface area contributed by atoms with E-state index in [1.54, 1.807) is 0 Å². The van der Waals surface area contributed by atoms with Crippen LogP contribution >= 0.6 is 0 Å². The van der Waals surface area contributed by atoms with Gasteiger partial charge in [0, 0.05) is 18.8 Å². The predicted molar refractivity (Wildman–Crippen MR) is 92.9 cm³/mol. The van der Waals surface area contributed by atoms with E-state index < -0.39 is 0 Å². The first-order valence-corrected chi connectivity index (χ1v) is 7.97. The van der Waals surface area contributed by atoms with E-state index in [0.29, 0.717) is 31.9 Å². The lowest BCUT2D eigenvalue weighted by Crippen LogP contribution is -2.26. The number of nitrogens with two attached hydrogens (primary N) is 1. The molecule has 0 radical (unpaired) electrons. The molecule has 0 atom stereocenters. The molecule has 23 heavy (non-hydrogen) atoms. The largest absolute Gasteiger partial charge is 0.399 e. The SMILES string of the molecule is Nc1ccc(CC(=O)NCCCCOCc2ccccc2)cc1. The molecule has 4 heteroatoms. The van der Waals surface area contributed by atoms with Gasteiger partial charge in [-0.05, 0) is 36.1 Å². The number of carbonyl (C=O) groups is 1. The van der Waals surface area contributed by atoms with Crippen molar-refractivity contribution >= 4 is 11.6 Å². The van der Waals surface area contributed by atoms with Crippen LogP contribution < -0.4 is 11.1 Å². The molecule has 0 saturated heterocycles. The summed E-state index contributed by atoms with van der Waals surface area (Å²) in [4.78, 5) is 11.8. The Morgan fingerprint density at radius 2 is 1.70 bits per heavy atom. The molecule has 0 fully saturated rings. The lowest BCUT2D eigenvalue weighted by molar-refractivity contribution is -0.120. The average Bonchev–Trinajstić information content (AvgIpc) is 2.57. The van der Waals surface area contributed by atoms with Crippen molar-refractivity contribution < 1.29 is 9.53 Å². The summed E-state index contributed by atoms with van der Waals surface area (Å²) in [5.41, 5.74) is 8.49. The lowest BCUT2D eigenvalue weighted by Gasteiger charge is -2.07. The van der Waals surface area contributed by atoms with Crippen LogP contribution in [0.15, 0.2) is 54.6 Å². The van der Waals surface area contributed by atoms with Crippen LogP contribution in [-0.2, 0) is 22.6 Å². The summed E-state index contributed by atoms with van der Waals surface area (Å²) in [6, 6.07) is 17.5. The Bertz CT molecular complexity index is 582. The van der Waals surface area contributed by atoms with Crippen molar-refractivity contribution in [2.24, 2.45) is 0 Å². The zero-order valence-corrected chi connectivity index (χ0v) is 13.3. The second kappa shape index (κ2) is 9.64. The van der Waals surface area contributed by atoms with Crippen molar-refractivity contribution in [1.29, 1.82) is 0 Å². The van der Waals surface area contributed by atoms with E-state index in [1.165, 1.54) is 5.56 Å². The molecule has 0 unspecified atom stereocenters. The molecular weight excluding hydrogens is 288 g/mol. The second-order valence-corrected chi connectivity index (χ2v) is 5.51. The Morgan fingerprint density at radius 1 is 0.957 bits per heavy atom. The van der Waals surface area contributed by atoms with Gasteiger partial charge in [0.05, 0.1) is 13.0 Å². The highest BCUT2D eigenvalue weighted by Gasteiger charge is 2.02. The van der Waals surface area contributed by atoms with Crippen LogP contribution in [0.4, 0.5) is 5.69 Å². The molecule has 3 N–H and O–H groups in total. The maximum Gasteiger partial charge on any atom is 0.224 e. The van der Waals surface area contributed by atoms with Gasteiger partial charge >= 0.3 is 0 Å². The minimum Gasteiger partial charge on any atom is -0.399 e. The van der Waals surface area contributed by atoms with Crippen molar-refractivity contribution in [1.82, 2.24) is 5.32 Å². The van der Waals surface area contributed by atoms with E-state index in [0.717, 1.165) is 18.4 Å². The summed E-state index contributed by atoms with van der Waals surface area (Å²) in [5, 5.41) is 2.93. The number of hydrogen-bond donors (Lipinski definition) is 2. The number of rotatable bonds is 9. The third-order valence-corrected chi connectivity index (χ3v) is 3.49. The first-order chi connectivity index (χ1) is 11.2. The Labute approximate surface area is 137 Å². The summed E-state index contributed by atoms with van der Waals surface area (Å²) >= 11 is 0. The van der Waals surface area contributed by atoms with Gasteiger partial charge in [-0.1, -0.05) is 42.5 Å². The van der Waals surface area contributed by atoms with E-state index in [2.05, 4.69) is 17.4 Å². The molecule has 0 bridgehead atoms. The Kier molecular flexibility index (Phi) is 7.14. The highest BCUT2D eigenvalue weighted by atomic mass is 16.5. The summed E-state index contributed by atoms with van der Waals surface area (Å²) in [6.07, 6.45) is 2.25. The fraction of sp³-hybridized carbons (Fsp3) is 0.316. The van der Waals surface area contributed by atoms with E-state index in [-0.39, 0.29) is 5.91 Å². The molecule has 0 spiro atoms. The maximum absolute atomic E-state index is 11.8. The zero-order valence-electron chi connectivity index (χ0n) is 13.3. The van der Waals surface area contributed by atoms with Gasteiger partial charge in [0.2, 0.25) is 5.91 Å². The Morgan fingerprint density at radius 3 is 2.43 bits per heavy atom. The molecule has 0 aromatic heterocycles. The minimum absolute atomic E-state index is 0.0416. The minimum atomic E-state index is 0.0416. The van der Waals surface area contributed by atoms with E-state index in [4.69, 9.17) is 10.5 Å². The van der Waals surface area contributed by atoms with Crippen molar-refractivity contribution in [2.75, 3.05) is 18.9 Å². The topological polar surface area (TPSA) is 64.4 Å². The number of nitrogen functional groups attached to an aromatic ring is 1. The Balaban J connectivity index is 1.50. The van der Waals surface area contributed by atoms with E-state index in [9.17, 15) is 4.79 Å². The second-order valence-electron chi connectivity index (χ2n) is 5.51. The third kappa shape index (κ3) is 6.98. The van der Waals surface area contributed by atoms with Gasteiger partial charge in [0.1, 0.15) is 0 Å². The number of unbranched alkanes of at least 4 members (excludes halogenated alkanes) is 1. The summed E-state index contributed by atoms with van der Waals surface area (Å²) in [7, 11) is 0. The highest BCUT2D eigenvalue weighted by Crippen LogP contribution is 2.06. The first kappa shape index (κ1) is 17.0. The van der Waals surface area contributed by atoms with Gasteiger partial charge in [-0.25, -0.2) is 0 Å². The standard InChI is InChI=1S/C19H24N2O2/c20-18-10-8-16(9-11-18)14-19(22)21-12-4-5-13-23-15-17-6-2-1-3-7-17/h1-3,6-11H,4-5,12-15,20H2,(H,21,22). The van der Waals surface area contributed by atoms with Crippen LogP contribution in [0.25, 0.3) is 0 Å². The number of carbonyl (C=O) groups excluding carboxylic acids is 1. The first-order valence-electron chi connectivity index (χ1n) is 7.97. The third-order valence-electron chi connectivity index (χ3n) is 3.49. The monoisotopic (exact) mass is 312 g/mol. The van der Waals surface area contributed by atoms with Gasteiger partial charge in [0.25, 0.3) is 0 Å². The normalized spacial score (nSPS) is 10.4. The maximum atomic E-state index is 11.8.